The molecule has 0 fully saturated rings. The summed E-state index contributed by atoms with van der Waals surface area (Å²) in [6.45, 7) is 6.51. The molecule has 1 amide bonds. The second-order valence-corrected chi connectivity index (χ2v) is 4.48. The Morgan fingerprint density at radius 2 is 1.87 bits per heavy atom. The minimum atomic E-state index is -0.332. The summed E-state index contributed by atoms with van der Waals surface area (Å²) < 4.78 is 0. The van der Waals surface area contributed by atoms with Gasteiger partial charge in [-0.2, -0.15) is 0 Å². The highest BCUT2D eigenvalue weighted by Gasteiger charge is 2.14. The predicted molar refractivity (Wildman–Crippen MR) is 62.8 cm³/mol. The van der Waals surface area contributed by atoms with Gasteiger partial charge in [0, 0.05) is 5.56 Å². The van der Waals surface area contributed by atoms with E-state index in [9.17, 15) is 4.79 Å². The molecule has 0 aromatic heterocycles. The van der Waals surface area contributed by atoms with Gasteiger partial charge in [-0.1, -0.05) is 39.0 Å². The van der Waals surface area contributed by atoms with Crippen molar-refractivity contribution in [2.75, 3.05) is 0 Å². The first-order valence-electron chi connectivity index (χ1n) is 5.41. The Kier molecular flexibility index (Phi) is 3.89. The number of primary amides is 1. The number of carbonyl (C=O) groups is 1. The molecule has 0 bridgehead atoms. The van der Waals surface area contributed by atoms with Gasteiger partial charge >= 0.3 is 0 Å². The van der Waals surface area contributed by atoms with Crippen LogP contribution in [0.1, 0.15) is 49.0 Å². The predicted octanol–water partition coefficient (Wildman–Crippen LogP) is 2.94. The highest BCUT2D eigenvalue weighted by Crippen LogP contribution is 2.25. The molecule has 0 aliphatic heterocycles. The first kappa shape index (κ1) is 11.8. The van der Waals surface area contributed by atoms with E-state index in [1.54, 1.807) is 6.07 Å². The fourth-order valence-electron chi connectivity index (χ4n) is 1.99. The number of rotatable bonds is 4. The van der Waals surface area contributed by atoms with Crippen molar-refractivity contribution in [1.29, 1.82) is 0 Å². The van der Waals surface area contributed by atoms with Crippen LogP contribution in [0.15, 0.2) is 24.3 Å². The standard InChI is InChI=1S/C13H19NO/c1-9(2)8-10(3)11-6-4-5-7-12(11)13(14)15/h4-7,9-10H,8H2,1-3H3,(H2,14,15). The van der Waals surface area contributed by atoms with Crippen molar-refractivity contribution in [1.82, 2.24) is 0 Å². The van der Waals surface area contributed by atoms with E-state index in [2.05, 4.69) is 20.8 Å². The Bertz CT molecular complexity index is 344. The summed E-state index contributed by atoms with van der Waals surface area (Å²) in [4.78, 5) is 11.2. The molecule has 0 aliphatic rings. The second kappa shape index (κ2) is 4.96. The zero-order valence-corrected chi connectivity index (χ0v) is 9.66. The maximum absolute atomic E-state index is 11.2. The molecule has 1 rings (SSSR count). The number of nitrogens with two attached hydrogens (primary N) is 1. The Hall–Kier alpha value is -1.31. The number of hydrogen-bond donors (Lipinski definition) is 1. The van der Waals surface area contributed by atoms with Crippen molar-refractivity contribution in [2.45, 2.75) is 33.1 Å². The van der Waals surface area contributed by atoms with E-state index in [-0.39, 0.29) is 5.91 Å². The van der Waals surface area contributed by atoms with Crippen molar-refractivity contribution < 1.29 is 4.79 Å². The molecule has 2 heteroatoms. The fourth-order valence-corrected chi connectivity index (χ4v) is 1.99. The van der Waals surface area contributed by atoms with Gasteiger partial charge in [0.2, 0.25) is 5.91 Å². The second-order valence-electron chi connectivity index (χ2n) is 4.48. The van der Waals surface area contributed by atoms with Crippen LogP contribution in [0.5, 0.6) is 0 Å². The van der Waals surface area contributed by atoms with E-state index in [0.29, 0.717) is 17.4 Å². The van der Waals surface area contributed by atoms with Crippen LogP contribution in [-0.2, 0) is 0 Å². The Balaban J connectivity index is 2.97. The molecular weight excluding hydrogens is 186 g/mol. The highest BCUT2D eigenvalue weighted by atomic mass is 16.1. The van der Waals surface area contributed by atoms with Crippen molar-refractivity contribution in [3.8, 4) is 0 Å². The molecule has 1 atom stereocenters. The molecule has 1 aromatic carbocycles. The lowest BCUT2D eigenvalue weighted by Crippen LogP contribution is -2.15. The van der Waals surface area contributed by atoms with Crippen molar-refractivity contribution >= 4 is 5.91 Å². The number of hydrogen-bond acceptors (Lipinski definition) is 1. The van der Waals surface area contributed by atoms with Gasteiger partial charge in [0.15, 0.2) is 0 Å². The smallest absolute Gasteiger partial charge is 0.248 e. The van der Waals surface area contributed by atoms with Crippen LogP contribution < -0.4 is 5.73 Å². The van der Waals surface area contributed by atoms with Crippen LogP contribution in [0.25, 0.3) is 0 Å². The number of amides is 1. The molecule has 1 aromatic rings. The molecule has 82 valence electrons. The van der Waals surface area contributed by atoms with Crippen molar-refractivity contribution in [3.63, 3.8) is 0 Å². The third-order valence-electron chi connectivity index (χ3n) is 2.58. The van der Waals surface area contributed by atoms with Crippen molar-refractivity contribution in [2.24, 2.45) is 11.7 Å². The third-order valence-corrected chi connectivity index (χ3v) is 2.58. The fraction of sp³-hybridized carbons (Fsp3) is 0.462. The van der Waals surface area contributed by atoms with Gasteiger partial charge in [0.25, 0.3) is 0 Å². The van der Waals surface area contributed by atoms with E-state index < -0.39 is 0 Å². The average molecular weight is 205 g/mol. The summed E-state index contributed by atoms with van der Waals surface area (Å²) in [5.74, 6) is 0.677. The zero-order chi connectivity index (χ0) is 11.4. The minimum absolute atomic E-state index is 0.332. The van der Waals surface area contributed by atoms with Crippen LogP contribution in [-0.4, -0.2) is 5.91 Å². The van der Waals surface area contributed by atoms with Gasteiger partial charge in [0.1, 0.15) is 0 Å². The van der Waals surface area contributed by atoms with E-state index >= 15 is 0 Å². The summed E-state index contributed by atoms with van der Waals surface area (Å²) in [5.41, 5.74) is 7.07. The molecule has 0 aliphatic carbocycles. The third kappa shape index (κ3) is 3.08. The lowest BCUT2D eigenvalue weighted by Gasteiger charge is -2.16. The summed E-state index contributed by atoms with van der Waals surface area (Å²) in [6, 6.07) is 7.60. The summed E-state index contributed by atoms with van der Waals surface area (Å²) in [5, 5.41) is 0. The van der Waals surface area contributed by atoms with Gasteiger partial charge in [-0.3, -0.25) is 4.79 Å². The number of carbonyl (C=O) groups excluding carboxylic acids is 1. The van der Waals surface area contributed by atoms with Gasteiger partial charge in [0.05, 0.1) is 0 Å². The normalized spacial score (nSPS) is 12.8. The summed E-state index contributed by atoms with van der Waals surface area (Å²) in [6.07, 6.45) is 1.07. The van der Waals surface area contributed by atoms with Crippen LogP contribution in [0.2, 0.25) is 0 Å². The van der Waals surface area contributed by atoms with Crippen molar-refractivity contribution in [3.05, 3.63) is 35.4 Å². The molecule has 2 nitrogen and oxygen atoms in total. The van der Waals surface area contributed by atoms with E-state index in [4.69, 9.17) is 5.73 Å². The Labute approximate surface area is 91.5 Å². The van der Waals surface area contributed by atoms with E-state index in [1.807, 2.05) is 18.2 Å². The number of benzene rings is 1. The quantitative estimate of drug-likeness (QED) is 0.806. The van der Waals surface area contributed by atoms with Crippen LogP contribution in [0.4, 0.5) is 0 Å². The van der Waals surface area contributed by atoms with Crippen LogP contribution in [0, 0.1) is 5.92 Å². The molecular formula is C13H19NO. The lowest BCUT2D eigenvalue weighted by atomic mass is 9.89. The van der Waals surface area contributed by atoms with Gasteiger partial charge < -0.3 is 5.73 Å². The molecule has 0 saturated heterocycles. The molecule has 15 heavy (non-hydrogen) atoms. The SMILES string of the molecule is CC(C)CC(C)c1ccccc1C(N)=O. The minimum Gasteiger partial charge on any atom is -0.366 e. The Morgan fingerprint density at radius 1 is 1.27 bits per heavy atom. The molecule has 0 spiro atoms. The molecule has 2 N–H and O–H groups in total. The Morgan fingerprint density at radius 3 is 2.40 bits per heavy atom. The monoisotopic (exact) mass is 205 g/mol. The zero-order valence-electron chi connectivity index (χ0n) is 9.66. The van der Waals surface area contributed by atoms with Gasteiger partial charge in [-0.25, -0.2) is 0 Å². The van der Waals surface area contributed by atoms with Gasteiger partial charge in [-0.15, -0.1) is 0 Å². The molecule has 0 saturated carbocycles. The lowest BCUT2D eigenvalue weighted by molar-refractivity contribution is 0.0999. The highest BCUT2D eigenvalue weighted by molar-refractivity contribution is 5.94. The first-order chi connectivity index (χ1) is 7.02. The molecule has 1 unspecified atom stereocenters. The van der Waals surface area contributed by atoms with Crippen LogP contribution >= 0.6 is 0 Å². The van der Waals surface area contributed by atoms with Gasteiger partial charge in [-0.05, 0) is 29.9 Å². The molecule has 0 radical (unpaired) electrons. The van der Waals surface area contributed by atoms with E-state index in [1.165, 1.54) is 0 Å². The van der Waals surface area contributed by atoms with E-state index in [0.717, 1.165) is 12.0 Å². The first-order valence-corrected chi connectivity index (χ1v) is 5.41. The van der Waals surface area contributed by atoms with Crippen LogP contribution in [0.3, 0.4) is 0 Å². The maximum Gasteiger partial charge on any atom is 0.248 e. The summed E-state index contributed by atoms with van der Waals surface area (Å²) in [7, 11) is 0. The topological polar surface area (TPSA) is 43.1 Å². The largest absolute Gasteiger partial charge is 0.366 e. The maximum atomic E-state index is 11.2. The molecule has 0 heterocycles. The average Bonchev–Trinajstić information content (AvgIpc) is 2.16. The summed E-state index contributed by atoms with van der Waals surface area (Å²) >= 11 is 0.